The molecule has 1 aliphatic rings. The lowest BCUT2D eigenvalue weighted by atomic mass is 9.78. The van der Waals surface area contributed by atoms with E-state index in [0.29, 0.717) is 6.67 Å². The van der Waals surface area contributed by atoms with E-state index in [1.165, 1.54) is 44.6 Å². The minimum atomic E-state index is -0.299. The number of fused-ring (bicyclic) bond motifs is 3. The van der Waals surface area contributed by atoms with E-state index in [1.807, 2.05) is 6.20 Å². The van der Waals surface area contributed by atoms with E-state index in [0.717, 1.165) is 39.4 Å². The van der Waals surface area contributed by atoms with Gasteiger partial charge < -0.3 is 14.5 Å². The summed E-state index contributed by atoms with van der Waals surface area (Å²) in [6, 6.07) is 56.8. The largest absolute Gasteiger partial charge is 0.457 e. The van der Waals surface area contributed by atoms with Crippen molar-refractivity contribution in [3.63, 3.8) is 0 Å². The maximum Gasteiger partial charge on any atom is 0.137 e. The third-order valence-electron chi connectivity index (χ3n) is 13.2. The van der Waals surface area contributed by atoms with Crippen LogP contribution in [0.4, 0.5) is 11.4 Å². The lowest BCUT2D eigenvalue weighted by Crippen LogP contribution is -2.31. The Hall–Kier alpha value is -6.59. The number of hydrogen-bond donors (Lipinski definition) is 0. The molecule has 9 rings (SSSR count). The monoisotopic (exact) mass is 828 g/mol. The van der Waals surface area contributed by atoms with Crippen molar-refractivity contribution in [3.05, 3.63) is 204 Å². The van der Waals surface area contributed by atoms with Gasteiger partial charge in [0.05, 0.1) is 17.7 Å². The molecule has 0 saturated heterocycles. The van der Waals surface area contributed by atoms with Crippen molar-refractivity contribution in [3.8, 4) is 17.3 Å². The van der Waals surface area contributed by atoms with E-state index in [1.54, 1.807) is 0 Å². The highest BCUT2D eigenvalue weighted by Crippen LogP contribution is 2.44. The molecular weight excluding hydrogens is 769 g/mol. The van der Waals surface area contributed by atoms with Gasteiger partial charge in [0.1, 0.15) is 17.3 Å². The number of benzene rings is 6. The second-order valence-corrected chi connectivity index (χ2v) is 20.3. The summed E-state index contributed by atoms with van der Waals surface area (Å²) in [5.41, 5.74) is 11.4. The number of rotatable bonds is 9. The summed E-state index contributed by atoms with van der Waals surface area (Å²) in [5, 5.41) is 2.33. The summed E-state index contributed by atoms with van der Waals surface area (Å²) in [4.78, 5) is 9.86. The summed E-state index contributed by atoms with van der Waals surface area (Å²) in [6.45, 7) is 23.6. The molecule has 318 valence electrons. The molecule has 0 bridgehead atoms. The Morgan fingerprint density at radius 3 is 1.76 bits per heavy atom. The third-order valence-corrected chi connectivity index (χ3v) is 13.2. The normalized spacial score (nSPS) is 13.8. The van der Waals surface area contributed by atoms with E-state index >= 15 is 0 Å². The predicted molar refractivity (Wildman–Crippen MR) is 265 cm³/mol. The summed E-state index contributed by atoms with van der Waals surface area (Å²) in [7, 11) is 0. The first-order valence-corrected chi connectivity index (χ1v) is 22.3. The molecule has 0 N–H and O–H groups in total. The Morgan fingerprint density at radius 1 is 0.460 bits per heavy atom. The minimum absolute atomic E-state index is 0.0435. The van der Waals surface area contributed by atoms with Gasteiger partial charge in [0, 0.05) is 68.6 Å². The number of allylic oxidation sites excluding steroid dienone is 1. The van der Waals surface area contributed by atoms with Crippen LogP contribution in [0.2, 0.25) is 0 Å². The van der Waals surface area contributed by atoms with E-state index < -0.39 is 0 Å². The maximum absolute atomic E-state index is 7.05. The van der Waals surface area contributed by atoms with Crippen LogP contribution in [0.25, 0.3) is 27.6 Å². The van der Waals surface area contributed by atoms with Gasteiger partial charge in [0.15, 0.2) is 0 Å². The van der Waals surface area contributed by atoms with Crippen LogP contribution < -0.4 is 14.5 Å². The molecule has 5 nitrogen and oxygen atoms in total. The van der Waals surface area contributed by atoms with E-state index in [2.05, 4.69) is 248 Å². The van der Waals surface area contributed by atoms with Crippen molar-refractivity contribution in [1.82, 2.24) is 9.55 Å². The van der Waals surface area contributed by atoms with Crippen LogP contribution >= 0.6 is 0 Å². The van der Waals surface area contributed by atoms with Crippen LogP contribution in [0.1, 0.15) is 97.1 Å². The summed E-state index contributed by atoms with van der Waals surface area (Å²) < 4.78 is 9.33. The Morgan fingerprint density at radius 2 is 1.08 bits per heavy atom. The van der Waals surface area contributed by atoms with Gasteiger partial charge in [0.2, 0.25) is 0 Å². The summed E-state index contributed by atoms with van der Waals surface area (Å²) in [5.74, 6) is 2.43. The molecule has 2 aromatic heterocycles. The van der Waals surface area contributed by atoms with Gasteiger partial charge in [-0.1, -0.05) is 160 Å². The van der Waals surface area contributed by atoms with Gasteiger partial charge in [-0.15, -0.1) is 0 Å². The Bertz CT molecular complexity index is 2980. The number of para-hydroxylation sites is 1. The molecule has 63 heavy (non-hydrogen) atoms. The zero-order valence-electron chi connectivity index (χ0n) is 38.6. The molecule has 0 saturated carbocycles. The zero-order chi connectivity index (χ0) is 44.3. The molecule has 5 heteroatoms. The fourth-order valence-electron chi connectivity index (χ4n) is 9.14. The Kier molecular flexibility index (Phi) is 10.4. The quantitative estimate of drug-likeness (QED) is 0.145. The Labute approximate surface area is 374 Å². The molecule has 8 aromatic rings. The number of ether oxygens (including phenoxy) is 1. The first kappa shape index (κ1) is 41.7. The highest BCUT2D eigenvalue weighted by Gasteiger charge is 2.33. The fraction of sp³-hybridized carbons (Fsp3) is 0.259. The standard InChI is InChI=1S/C58H60N4O/c1-55(2,3)42-24-19-25-45(32-42)61-39-60(38-53(61)56(4,5)6)46-33-44(58(9,10)41-22-15-12-16-23-41)34-48(36-46)63-47-28-29-50-49-26-17-18-27-51(49)62(52(50)37-47)54-35-43(30-31-59-54)57(7,8)40-20-13-11-14-21-40/h11-38H,39H2,1-10H3. The lowest BCUT2D eigenvalue weighted by Gasteiger charge is -2.32. The molecule has 6 aromatic carbocycles. The molecule has 0 fully saturated rings. The average molecular weight is 829 g/mol. The molecule has 0 radical (unpaired) electrons. The van der Waals surface area contributed by atoms with E-state index in [-0.39, 0.29) is 21.7 Å². The minimum Gasteiger partial charge on any atom is -0.457 e. The van der Waals surface area contributed by atoms with Gasteiger partial charge in [0.25, 0.3) is 0 Å². The van der Waals surface area contributed by atoms with Gasteiger partial charge >= 0.3 is 0 Å². The molecule has 0 unspecified atom stereocenters. The predicted octanol–water partition coefficient (Wildman–Crippen LogP) is 15.1. The van der Waals surface area contributed by atoms with Gasteiger partial charge in [-0.3, -0.25) is 4.57 Å². The topological polar surface area (TPSA) is 33.5 Å². The molecule has 1 aliphatic heterocycles. The highest BCUT2D eigenvalue weighted by atomic mass is 16.5. The average Bonchev–Trinajstić information content (AvgIpc) is 3.88. The number of nitrogens with zero attached hydrogens (tertiary/aromatic N) is 4. The second-order valence-electron chi connectivity index (χ2n) is 20.3. The zero-order valence-corrected chi connectivity index (χ0v) is 38.6. The molecule has 3 heterocycles. The summed E-state index contributed by atoms with van der Waals surface area (Å²) >= 11 is 0. The smallest absolute Gasteiger partial charge is 0.137 e. The lowest BCUT2D eigenvalue weighted by molar-refractivity contribution is 0.480. The number of pyridine rings is 1. The highest BCUT2D eigenvalue weighted by molar-refractivity contribution is 6.09. The van der Waals surface area contributed by atoms with Crippen molar-refractivity contribution in [1.29, 1.82) is 0 Å². The molecular formula is C58H60N4O. The van der Waals surface area contributed by atoms with Gasteiger partial charge in [-0.2, -0.15) is 0 Å². The van der Waals surface area contributed by atoms with Crippen LogP contribution in [0.3, 0.4) is 0 Å². The van der Waals surface area contributed by atoms with Crippen molar-refractivity contribution in [2.45, 2.75) is 85.5 Å². The van der Waals surface area contributed by atoms with Crippen molar-refractivity contribution in [2.75, 3.05) is 16.5 Å². The second kappa shape index (κ2) is 15.6. The van der Waals surface area contributed by atoms with Crippen LogP contribution in [-0.2, 0) is 16.2 Å². The SMILES string of the molecule is CC(C)(C)C1=CN(c2cc(Oc3ccc4c5ccccc5n(-c5cc(C(C)(C)c6ccccc6)ccn5)c4c3)cc(C(C)(C)c3ccccc3)c2)CN1c1cccc(C(C)(C)C)c1. The van der Waals surface area contributed by atoms with Gasteiger partial charge in [-0.25, -0.2) is 4.98 Å². The van der Waals surface area contributed by atoms with Crippen LogP contribution in [0.5, 0.6) is 11.5 Å². The van der Waals surface area contributed by atoms with Crippen LogP contribution in [0.15, 0.2) is 176 Å². The maximum atomic E-state index is 7.05. The van der Waals surface area contributed by atoms with Crippen LogP contribution in [0, 0.1) is 5.41 Å². The Balaban J connectivity index is 1.15. The molecule has 0 spiro atoms. The van der Waals surface area contributed by atoms with Crippen LogP contribution in [-0.4, -0.2) is 16.2 Å². The third kappa shape index (κ3) is 7.90. The van der Waals surface area contributed by atoms with Crippen molar-refractivity contribution < 1.29 is 4.74 Å². The first-order chi connectivity index (χ1) is 30.0. The molecule has 0 amide bonds. The summed E-state index contributed by atoms with van der Waals surface area (Å²) in [6.07, 6.45) is 4.28. The van der Waals surface area contributed by atoms with Crippen molar-refractivity contribution >= 4 is 33.2 Å². The number of hydrogen-bond acceptors (Lipinski definition) is 4. The number of aromatic nitrogens is 2. The number of anilines is 2. The molecule has 0 atom stereocenters. The molecule has 0 aliphatic carbocycles. The fourth-order valence-corrected chi connectivity index (χ4v) is 9.14. The van der Waals surface area contributed by atoms with E-state index in [4.69, 9.17) is 9.72 Å². The van der Waals surface area contributed by atoms with E-state index in [9.17, 15) is 0 Å². The van der Waals surface area contributed by atoms with Crippen molar-refractivity contribution in [2.24, 2.45) is 5.41 Å². The van der Waals surface area contributed by atoms with Gasteiger partial charge in [-0.05, 0) is 87.8 Å². The first-order valence-electron chi connectivity index (χ1n) is 22.3.